The number of aliphatic carboxylic acids is 1. The monoisotopic (exact) mass is 345 g/mol. The predicted molar refractivity (Wildman–Crippen MR) is 83.5 cm³/mol. The van der Waals surface area contributed by atoms with Crippen LogP contribution in [0.1, 0.15) is 24.8 Å². The van der Waals surface area contributed by atoms with E-state index in [2.05, 4.69) is 5.32 Å². The first-order chi connectivity index (χ1) is 10.5. The number of rotatable bonds is 7. The number of hydrogen-bond acceptors (Lipinski definition) is 3. The summed E-state index contributed by atoms with van der Waals surface area (Å²) in [6.45, 7) is 0.0679. The van der Waals surface area contributed by atoms with E-state index in [-0.39, 0.29) is 25.7 Å². The van der Waals surface area contributed by atoms with Crippen molar-refractivity contribution in [1.82, 2.24) is 5.32 Å². The molecule has 1 fully saturated rings. The van der Waals surface area contributed by atoms with E-state index in [4.69, 9.17) is 33.0 Å². The molecule has 2 rings (SSSR count). The van der Waals surface area contributed by atoms with E-state index in [1.54, 1.807) is 12.1 Å². The van der Waals surface area contributed by atoms with Gasteiger partial charge in [0.15, 0.2) is 0 Å². The van der Waals surface area contributed by atoms with Crippen molar-refractivity contribution >= 4 is 35.1 Å². The average Bonchev–Trinajstić information content (AvgIpc) is 2.41. The summed E-state index contributed by atoms with van der Waals surface area (Å²) in [5, 5.41) is 12.2. The quantitative estimate of drug-likeness (QED) is 0.745. The smallest absolute Gasteiger partial charge is 0.329 e. The lowest BCUT2D eigenvalue weighted by atomic mass is 9.64. The minimum atomic E-state index is -1.03. The van der Waals surface area contributed by atoms with E-state index < -0.39 is 11.4 Å². The molecule has 1 amide bonds. The van der Waals surface area contributed by atoms with Gasteiger partial charge in [-0.25, -0.2) is 4.79 Å². The summed E-state index contributed by atoms with van der Waals surface area (Å²) in [4.78, 5) is 22.8. The van der Waals surface area contributed by atoms with Crippen LogP contribution in [-0.4, -0.2) is 36.7 Å². The van der Waals surface area contributed by atoms with Crippen LogP contribution in [0, 0.1) is 0 Å². The third-order valence-corrected chi connectivity index (χ3v) is 4.61. The van der Waals surface area contributed by atoms with Crippen molar-refractivity contribution in [3.63, 3.8) is 0 Å². The standard InChI is InChI=1S/C15H17Cl2NO4/c16-11-3-2-10(8-12(11)17)15(4-1-5-15)14(21)18-6-7-22-9-13(19)20/h2-3,8H,1,4-7,9H2,(H,18,21)(H,19,20). The van der Waals surface area contributed by atoms with Crippen LogP contribution in [0.3, 0.4) is 0 Å². The Morgan fingerprint density at radius 2 is 2.00 bits per heavy atom. The van der Waals surface area contributed by atoms with Gasteiger partial charge >= 0.3 is 5.97 Å². The second kappa shape index (κ2) is 7.31. The number of halogens is 2. The lowest BCUT2D eigenvalue weighted by Crippen LogP contribution is -2.49. The first kappa shape index (κ1) is 17.1. The summed E-state index contributed by atoms with van der Waals surface area (Å²) in [7, 11) is 0. The molecule has 0 aliphatic heterocycles. The number of ether oxygens (including phenoxy) is 1. The Morgan fingerprint density at radius 1 is 1.27 bits per heavy atom. The molecule has 0 bridgehead atoms. The molecule has 0 radical (unpaired) electrons. The number of carbonyl (C=O) groups excluding carboxylic acids is 1. The van der Waals surface area contributed by atoms with Crippen molar-refractivity contribution in [2.75, 3.05) is 19.8 Å². The molecule has 0 saturated heterocycles. The van der Waals surface area contributed by atoms with Crippen LogP contribution in [0.2, 0.25) is 10.0 Å². The minimum absolute atomic E-state index is 0.0870. The Labute approximate surface area is 138 Å². The predicted octanol–water partition coefficient (Wildman–Crippen LogP) is 2.63. The molecule has 22 heavy (non-hydrogen) atoms. The average molecular weight is 346 g/mol. The Morgan fingerprint density at radius 3 is 2.55 bits per heavy atom. The fourth-order valence-electron chi connectivity index (χ4n) is 2.54. The Kier molecular flexibility index (Phi) is 5.67. The number of carbonyl (C=O) groups is 2. The Bertz CT molecular complexity index is 573. The van der Waals surface area contributed by atoms with Crippen LogP contribution in [0.4, 0.5) is 0 Å². The highest BCUT2D eigenvalue weighted by atomic mass is 35.5. The third kappa shape index (κ3) is 3.72. The zero-order chi connectivity index (χ0) is 16.2. The van der Waals surface area contributed by atoms with E-state index in [9.17, 15) is 9.59 Å². The summed E-state index contributed by atoms with van der Waals surface area (Å²) >= 11 is 12.0. The molecule has 7 heteroatoms. The molecule has 2 N–H and O–H groups in total. The molecule has 120 valence electrons. The van der Waals surface area contributed by atoms with Gasteiger partial charge in [0.25, 0.3) is 0 Å². The van der Waals surface area contributed by atoms with Crippen molar-refractivity contribution in [2.45, 2.75) is 24.7 Å². The van der Waals surface area contributed by atoms with Gasteiger partial charge in [-0.05, 0) is 30.5 Å². The van der Waals surface area contributed by atoms with Gasteiger partial charge < -0.3 is 15.2 Å². The minimum Gasteiger partial charge on any atom is -0.480 e. The summed E-state index contributed by atoms with van der Waals surface area (Å²) < 4.78 is 4.90. The molecular weight excluding hydrogens is 329 g/mol. The van der Waals surface area contributed by atoms with Crippen LogP contribution in [0.25, 0.3) is 0 Å². The fourth-order valence-corrected chi connectivity index (χ4v) is 2.83. The largest absolute Gasteiger partial charge is 0.480 e. The molecule has 0 aromatic heterocycles. The maximum absolute atomic E-state index is 12.5. The van der Waals surface area contributed by atoms with Gasteiger partial charge in [0.2, 0.25) is 5.91 Å². The number of carboxylic acid groups (broad SMARTS) is 1. The maximum atomic E-state index is 12.5. The molecule has 0 atom stereocenters. The zero-order valence-corrected chi connectivity index (χ0v) is 13.4. The van der Waals surface area contributed by atoms with E-state index in [1.165, 1.54) is 0 Å². The second-order valence-electron chi connectivity index (χ2n) is 5.27. The van der Waals surface area contributed by atoms with Gasteiger partial charge in [-0.3, -0.25) is 4.79 Å². The number of hydrogen-bond donors (Lipinski definition) is 2. The van der Waals surface area contributed by atoms with Gasteiger partial charge in [-0.2, -0.15) is 0 Å². The number of nitrogens with one attached hydrogen (secondary N) is 1. The maximum Gasteiger partial charge on any atom is 0.329 e. The van der Waals surface area contributed by atoms with Crippen LogP contribution >= 0.6 is 23.2 Å². The molecule has 0 heterocycles. The summed E-state index contributed by atoms with van der Waals surface area (Å²) in [5.41, 5.74) is 0.290. The van der Waals surface area contributed by atoms with Crippen molar-refractivity contribution in [2.24, 2.45) is 0 Å². The van der Waals surface area contributed by atoms with Crippen LogP contribution < -0.4 is 5.32 Å². The molecule has 0 unspecified atom stereocenters. The highest BCUT2D eigenvalue weighted by Crippen LogP contribution is 2.45. The molecule has 1 aromatic carbocycles. The van der Waals surface area contributed by atoms with Crippen molar-refractivity contribution in [3.8, 4) is 0 Å². The topological polar surface area (TPSA) is 75.6 Å². The van der Waals surface area contributed by atoms with Crippen molar-refractivity contribution in [1.29, 1.82) is 0 Å². The van der Waals surface area contributed by atoms with Gasteiger partial charge in [0.05, 0.1) is 22.1 Å². The molecule has 1 aromatic rings. The number of amides is 1. The van der Waals surface area contributed by atoms with Crippen molar-refractivity contribution < 1.29 is 19.4 Å². The van der Waals surface area contributed by atoms with E-state index >= 15 is 0 Å². The highest BCUT2D eigenvalue weighted by molar-refractivity contribution is 6.42. The van der Waals surface area contributed by atoms with Crippen LogP contribution in [-0.2, 0) is 19.7 Å². The first-order valence-electron chi connectivity index (χ1n) is 6.99. The Balaban J connectivity index is 1.96. The van der Waals surface area contributed by atoms with Crippen LogP contribution in [0.5, 0.6) is 0 Å². The highest BCUT2D eigenvalue weighted by Gasteiger charge is 2.45. The molecule has 1 aliphatic carbocycles. The third-order valence-electron chi connectivity index (χ3n) is 3.87. The van der Waals surface area contributed by atoms with Crippen molar-refractivity contribution in [3.05, 3.63) is 33.8 Å². The normalized spacial score (nSPS) is 15.9. The summed E-state index contributed by atoms with van der Waals surface area (Å²) in [6, 6.07) is 5.26. The van der Waals surface area contributed by atoms with E-state index in [1.807, 2.05) is 6.07 Å². The number of carboxylic acids is 1. The second-order valence-corrected chi connectivity index (χ2v) is 6.08. The summed E-state index contributed by atoms with van der Waals surface area (Å²) in [5.74, 6) is -1.12. The van der Waals surface area contributed by atoms with Gasteiger partial charge in [0, 0.05) is 6.54 Å². The van der Waals surface area contributed by atoms with E-state index in [0.29, 0.717) is 10.0 Å². The van der Waals surface area contributed by atoms with Gasteiger partial charge in [0.1, 0.15) is 6.61 Å². The van der Waals surface area contributed by atoms with Gasteiger partial charge in [-0.15, -0.1) is 0 Å². The number of benzene rings is 1. The van der Waals surface area contributed by atoms with Gasteiger partial charge in [-0.1, -0.05) is 35.7 Å². The zero-order valence-electron chi connectivity index (χ0n) is 11.9. The molecule has 1 saturated carbocycles. The molecule has 0 spiro atoms. The molecule has 1 aliphatic rings. The molecular formula is C15H17Cl2NO4. The molecule has 5 nitrogen and oxygen atoms in total. The SMILES string of the molecule is O=C(O)COCCNC(=O)C1(c2ccc(Cl)c(Cl)c2)CCC1. The fraction of sp³-hybridized carbons (Fsp3) is 0.467. The lowest BCUT2D eigenvalue weighted by Gasteiger charge is -2.40. The first-order valence-corrected chi connectivity index (χ1v) is 7.75. The Hall–Kier alpha value is -1.30. The lowest BCUT2D eigenvalue weighted by molar-refractivity contribution is -0.142. The summed E-state index contributed by atoms with van der Waals surface area (Å²) in [6.07, 6.45) is 2.49. The van der Waals surface area contributed by atoms with E-state index in [0.717, 1.165) is 24.8 Å². The van der Waals surface area contributed by atoms with Crippen LogP contribution in [0.15, 0.2) is 18.2 Å².